The predicted octanol–water partition coefficient (Wildman–Crippen LogP) is 2.31. The Morgan fingerprint density at radius 1 is 1.52 bits per heavy atom. The molecule has 0 bridgehead atoms. The van der Waals surface area contributed by atoms with Crippen LogP contribution in [0, 0.1) is 12.7 Å². The number of hydrogen-bond acceptors (Lipinski definition) is 4. The van der Waals surface area contributed by atoms with E-state index in [0.29, 0.717) is 24.4 Å². The van der Waals surface area contributed by atoms with E-state index in [2.05, 4.69) is 10.3 Å². The lowest BCUT2D eigenvalue weighted by Gasteiger charge is -2.17. The van der Waals surface area contributed by atoms with Gasteiger partial charge in [0.05, 0.1) is 5.02 Å². The van der Waals surface area contributed by atoms with Crippen LogP contribution in [0.15, 0.2) is 29.0 Å². The molecule has 1 aliphatic rings. The largest absolute Gasteiger partial charge is 0.448 e. The number of aromatic nitrogens is 1. The first kappa shape index (κ1) is 15.5. The predicted molar refractivity (Wildman–Crippen MR) is 80.9 cm³/mol. The standard InChI is InChI=1S/C15H13ClFN3O3/c1-8-13(18-7-23-8)14(21)19-12-4-5-20(15(12)22)9-2-3-10(16)11(17)6-9/h2-3,6-7,12H,4-5H2,1H3,(H,19,21). The van der Waals surface area contributed by atoms with E-state index in [1.54, 1.807) is 13.0 Å². The summed E-state index contributed by atoms with van der Waals surface area (Å²) in [6.45, 7) is 1.99. The van der Waals surface area contributed by atoms with Crippen molar-refractivity contribution >= 4 is 29.1 Å². The first-order valence-corrected chi connectivity index (χ1v) is 7.32. The van der Waals surface area contributed by atoms with Crippen LogP contribution in [-0.4, -0.2) is 29.4 Å². The molecule has 3 rings (SSSR count). The number of oxazole rings is 1. The molecule has 6 nitrogen and oxygen atoms in total. The molecule has 1 aromatic heterocycles. The summed E-state index contributed by atoms with van der Waals surface area (Å²) in [7, 11) is 0. The highest BCUT2D eigenvalue weighted by Gasteiger charge is 2.34. The van der Waals surface area contributed by atoms with Crippen LogP contribution in [0.3, 0.4) is 0 Å². The van der Waals surface area contributed by atoms with Gasteiger partial charge >= 0.3 is 0 Å². The van der Waals surface area contributed by atoms with Gasteiger partial charge in [0.1, 0.15) is 17.6 Å². The fourth-order valence-electron chi connectivity index (χ4n) is 2.47. The molecule has 1 aromatic carbocycles. The number of rotatable bonds is 3. The van der Waals surface area contributed by atoms with Crippen LogP contribution in [0.2, 0.25) is 5.02 Å². The van der Waals surface area contributed by atoms with Gasteiger partial charge in [-0.25, -0.2) is 9.37 Å². The molecular weight excluding hydrogens is 325 g/mol. The Morgan fingerprint density at radius 3 is 2.96 bits per heavy atom. The first-order chi connectivity index (χ1) is 11.0. The number of benzene rings is 1. The van der Waals surface area contributed by atoms with E-state index in [0.717, 1.165) is 0 Å². The number of nitrogens with one attached hydrogen (secondary N) is 1. The zero-order valence-corrected chi connectivity index (χ0v) is 12.9. The van der Waals surface area contributed by atoms with Gasteiger partial charge in [-0.05, 0) is 31.5 Å². The van der Waals surface area contributed by atoms with E-state index in [4.69, 9.17) is 16.0 Å². The van der Waals surface area contributed by atoms with Gasteiger partial charge in [0.2, 0.25) is 5.91 Å². The lowest BCUT2D eigenvalue weighted by molar-refractivity contribution is -0.118. The van der Waals surface area contributed by atoms with Gasteiger partial charge in [-0.3, -0.25) is 9.59 Å². The average Bonchev–Trinajstić information content (AvgIpc) is 3.09. The second-order valence-corrected chi connectivity index (χ2v) is 5.57. The topological polar surface area (TPSA) is 75.4 Å². The van der Waals surface area contributed by atoms with Gasteiger partial charge in [-0.2, -0.15) is 0 Å². The van der Waals surface area contributed by atoms with Crippen molar-refractivity contribution < 1.29 is 18.4 Å². The van der Waals surface area contributed by atoms with Crippen molar-refractivity contribution in [3.05, 3.63) is 46.9 Å². The van der Waals surface area contributed by atoms with Crippen LogP contribution in [0.5, 0.6) is 0 Å². The Kier molecular flexibility index (Phi) is 4.04. The molecule has 1 aliphatic heterocycles. The molecule has 0 saturated carbocycles. The molecule has 0 radical (unpaired) electrons. The summed E-state index contributed by atoms with van der Waals surface area (Å²) in [6.07, 6.45) is 1.59. The molecule has 0 aliphatic carbocycles. The van der Waals surface area contributed by atoms with E-state index in [1.165, 1.54) is 23.4 Å². The van der Waals surface area contributed by atoms with Crippen molar-refractivity contribution in [2.24, 2.45) is 0 Å². The Labute approximate surface area is 136 Å². The Morgan fingerprint density at radius 2 is 2.30 bits per heavy atom. The molecule has 1 atom stereocenters. The number of aryl methyl sites for hydroxylation is 1. The third-order valence-electron chi connectivity index (χ3n) is 3.69. The van der Waals surface area contributed by atoms with Crippen LogP contribution in [0.4, 0.5) is 10.1 Å². The third kappa shape index (κ3) is 2.92. The molecule has 2 aromatic rings. The summed E-state index contributed by atoms with van der Waals surface area (Å²) in [5.41, 5.74) is 0.556. The van der Waals surface area contributed by atoms with Crippen molar-refractivity contribution in [2.45, 2.75) is 19.4 Å². The van der Waals surface area contributed by atoms with Crippen molar-refractivity contribution in [3.63, 3.8) is 0 Å². The molecule has 8 heteroatoms. The zero-order chi connectivity index (χ0) is 16.6. The minimum atomic E-state index is -0.683. The molecule has 1 saturated heterocycles. The number of amides is 2. The van der Waals surface area contributed by atoms with Crippen molar-refractivity contribution in [1.82, 2.24) is 10.3 Å². The van der Waals surface area contributed by atoms with E-state index >= 15 is 0 Å². The normalized spacial score (nSPS) is 17.6. The smallest absolute Gasteiger partial charge is 0.274 e. The van der Waals surface area contributed by atoms with Gasteiger partial charge in [0, 0.05) is 12.2 Å². The van der Waals surface area contributed by atoms with Crippen molar-refractivity contribution in [1.29, 1.82) is 0 Å². The number of hydrogen-bond donors (Lipinski definition) is 1. The van der Waals surface area contributed by atoms with E-state index in [1.807, 2.05) is 0 Å². The summed E-state index contributed by atoms with van der Waals surface area (Å²) in [5.74, 6) is -0.993. The molecule has 2 amide bonds. The minimum absolute atomic E-state index is 0.00763. The van der Waals surface area contributed by atoms with Crippen LogP contribution >= 0.6 is 11.6 Å². The third-order valence-corrected chi connectivity index (χ3v) is 3.99. The van der Waals surface area contributed by atoms with Crippen LogP contribution < -0.4 is 10.2 Å². The number of carbonyl (C=O) groups is 2. The summed E-state index contributed by atoms with van der Waals surface area (Å²) >= 11 is 5.64. The maximum absolute atomic E-state index is 13.5. The molecule has 1 fully saturated rings. The van der Waals surface area contributed by atoms with Crippen LogP contribution in [0.25, 0.3) is 0 Å². The molecule has 23 heavy (non-hydrogen) atoms. The summed E-state index contributed by atoms with van der Waals surface area (Å²) in [4.78, 5) is 29.7. The lowest BCUT2D eigenvalue weighted by Crippen LogP contribution is -2.41. The highest BCUT2D eigenvalue weighted by Crippen LogP contribution is 2.26. The summed E-state index contributed by atoms with van der Waals surface area (Å²) in [5, 5.41) is 2.62. The van der Waals surface area contributed by atoms with Crippen molar-refractivity contribution in [2.75, 3.05) is 11.4 Å². The van der Waals surface area contributed by atoms with Gasteiger partial charge in [-0.1, -0.05) is 11.6 Å². The number of anilines is 1. The molecule has 2 heterocycles. The SMILES string of the molecule is Cc1ocnc1C(=O)NC1CCN(c2ccc(Cl)c(F)c2)C1=O. The second kappa shape index (κ2) is 6.00. The van der Waals surface area contributed by atoms with E-state index < -0.39 is 17.8 Å². The van der Waals surface area contributed by atoms with Crippen LogP contribution in [0.1, 0.15) is 22.7 Å². The van der Waals surface area contributed by atoms with Gasteiger partial charge in [-0.15, -0.1) is 0 Å². The number of carbonyl (C=O) groups excluding carboxylic acids is 2. The minimum Gasteiger partial charge on any atom is -0.448 e. The highest BCUT2D eigenvalue weighted by molar-refractivity contribution is 6.30. The molecule has 120 valence electrons. The Balaban J connectivity index is 1.73. The summed E-state index contributed by atoms with van der Waals surface area (Å²) < 4.78 is 18.5. The molecular formula is C15H13ClFN3O3. The van der Waals surface area contributed by atoms with Gasteiger partial charge in [0.15, 0.2) is 12.1 Å². The summed E-state index contributed by atoms with van der Waals surface area (Å²) in [6, 6.07) is 3.48. The average molecular weight is 338 g/mol. The Hall–Kier alpha value is -2.41. The van der Waals surface area contributed by atoms with E-state index in [9.17, 15) is 14.0 Å². The quantitative estimate of drug-likeness (QED) is 0.932. The highest BCUT2D eigenvalue weighted by atomic mass is 35.5. The fourth-order valence-corrected chi connectivity index (χ4v) is 2.59. The fraction of sp³-hybridized carbons (Fsp3) is 0.267. The van der Waals surface area contributed by atoms with Gasteiger partial charge in [0.25, 0.3) is 5.91 Å². The monoisotopic (exact) mass is 337 g/mol. The first-order valence-electron chi connectivity index (χ1n) is 6.94. The molecule has 0 spiro atoms. The second-order valence-electron chi connectivity index (χ2n) is 5.16. The molecule has 1 unspecified atom stereocenters. The number of halogens is 2. The zero-order valence-electron chi connectivity index (χ0n) is 12.2. The number of nitrogens with zero attached hydrogens (tertiary/aromatic N) is 2. The maximum atomic E-state index is 13.5. The van der Waals surface area contributed by atoms with Crippen molar-refractivity contribution in [3.8, 4) is 0 Å². The molecule has 1 N–H and O–H groups in total. The lowest BCUT2D eigenvalue weighted by atomic mass is 10.2. The van der Waals surface area contributed by atoms with Gasteiger partial charge < -0.3 is 14.6 Å². The Bertz CT molecular complexity index is 777. The maximum Gasteiger partial charge on any atom is 0.274 e. The van der Waals surface area contributed by atoms with E-state index in [-0.39, 0.29) is 16.6 Å². The van der Waals surface area contributed by atoms with Crippen LogP contribution in [-0.2, 0) is 4.79 Å².